The van der Waals surface area contributed by atoms with Gasteiger partial charge >= 0.3 is 0 Å². The molecular formula is C7H14O2. The van der Waals surface area contributed by atoms with Gasteiger partial charge in [-0.15, -0.1) is 0 Å². The van der Waals surface area contributed by atoms with Crippen LogP contribution in [0.1, 0.15) is 26.7 Å². The molecule has 0 unspecified atom stereocenters. The molecule has 0 bridgehead atoms. The summed E-state index contributed by atoms with van der Waals surface area (Å²) in [7, 11) is 0. The van der Waals surface area contributed by atoms with Crippen molar-refractivity contribution in [3.8, 4) is 0 Å². The Morgan fingerprint density at radius 1 is 1.33 bits per heavy atom. The van der Waals surface area contributed by atoms with Gasteiger partial charge in [0.15, 0.2) is 0 Å². The molecule has 0 aromatic heterocycles. The standard InChI is InChI=1S/C7H14O2/c1-7(2,9)5-3-6(8)4-5/h5-6,8-9H,3-4H2,1-2H3. The Morgan fingerprint density at radius 2 is 1.78 bits per heavy atom. The lowest BCUT2D eigenvalue weighted by Gasteiger charge is -2.39. The summed E-state index contributed by atoms with van der Waals surface area (Å²) in [5, 5.41) is 18.2. The number of hydrogen-bond acceptors (Lipinski definition) is 2. The van der Waals surface area contributed by atoms with Crippen LogP contribution in [0.25, 0.3) is 0 Å². The molecule has 1 fully saturated rings. The summed E-state index contributed by atoms with van der Waals surface area (Å²) < 4.78 is 0. The van der Waals surface area contributed by atoms with Crippen molar-refractivity contribution in [2.75, 3.05) is 0 Å². The number of rotatable bonds is 1. The van der Waals surface area contributed by atoms with Crippen molar-refractivity contribution in [3.05, 3.63) is 0 Å². The third-order valence-electron chi connectivity index (χ3n) is 2.11. The highest BCUT2D eigenvalue weighted by molar-refractivity contribution is 4.89. The maximum atomic E-state index is 9.34. The van der Waals surface area contributed by atoms with Crippen molar-refractivity contribution in [1.82, 2.24) is 0 Å². The molecule has 9 heavy (non-hydrogen) atoms. The quantitative estimate of drug-likeness (QED) is 0.543. The van der Waals surface area contributed by atoms with Gasteiger partial charge in [-0.2, -0.15) is 0 Å². The van der Waals surface area contributed by atoms with E-state index in [2.05, 4.69) is 0 Å². The zero-order valence-corrected chi connectivity index (χ0v) is 5.96. The van der Waals surface area contributed by atoms with Gasteiger partial charge in [0.05, 0.1) is 11.7 Å². The fraction of sp³-hybridized carbons (Fsp3) is 1.00. The molecule has 1 saturated carbocycles. The van der Waals surface area contributed by atoms with Gasteiger partial charge in [0.1, 0.15) is 0 Å². The van der Waals surface area contributed by atoms with E-state index >= 15 is 0 Å². The Morgan fingerprint density at radius 3 is 1.89 bits per heavy atom. The van der Waals surface area contributed by atoms with Crippen LogP contribution in [0.3, 0.4) is 0 Å². The van der Waals surface area contributed by atoms with Gasteiger partial charge in [-0.3, -0.25) is 0 Å². The van der Waals surface area contributed by atoms with E-state index < -0.39 is 5.60 Å². The molecule has 1 rings (SSSR count). The van der Waals surface area contributed by atoms with E-state index in [1.807, 2.05) is 0 Å². The molecule has 54 valence electrons. The average Bonchev–Trinajstić information content (AvgIpc) is 1.55. The molecule has 0 aliphatic heterocycles. The lowest BCUT2D eigenvalue weighted by molar-refractivity contribution is -0.0760. The largest absolute Gasteiger partial charge is 0.393 e. The normalized spacial score (nSPS) is 36.0. The maximum Gasteiger partial charge on any atom is 0.0621 e. The SMILES string of the molecule is CC(C)(O)C1CC(O)C1. The fourth-order valence-corrected chi connectivity index (χ4v) is 1.16. The van der Waals surface area contributed by atoms with Crippen molar-refractivity contribution in [2.45, 2.75) is 38.4 Å². The Bertz CT molecular complexity index is 98.0. The van der Waals surface area contributed by atoms with E-state index in [1.54, 1.807) is 13.8 Å². The monoisotopic (exact) mass is 130 g/mol. The average molecular weight is 130 g/mol. The van der Waals surface area contributed by atoms with Crippen molar-refractivity contribution < 1.29 is 10.2 Å². The predicted octanol–water partition coefficient (Wildman–Crippen LogP) is 0.528. The second-order valence-electron chi connectivity index (χ2n) is 3.48. The van der Waals surface area contributed by atoms with Crippen LogP contribution in [-0.4, -0.2) is 21.9 Å². The van der Waals surface area contributed by atoms with Crippen molar-refractivity contribution in [2.24, 2.45) is 5.92 Å². The predicted molar refractivity (Wildman–Crippen MR) is 35.0 cm³/mol. The van der Waals surface area contributed by atoms with Crippen LogP contribution in [-0.2, 0) is 0 Å². The molecule has 0 spiro atoms. The second kappa shape index (κ2) is 1.96. The molecule has 0 atom stereocenters. The summed E-state index contributed by atoms with van der Waals surface area (Å²) in [6.45, 7) is 3.59. The van der Waals surface area contributed by atoms with Gasteiger partial charge < -0.3 is 10.2 Å². The molecule has 0 aromatic carbocycles. The summed E-state index contributed by atoms with van der Waals surface area (Å²) in [6.07, 6.45) is 1.38. The summed E-state index contributed by atoms with van der Waals surface area (Å²) in [6, 6.07) is 0. The van der Waals surface area contributed by atoms with Crippen LogP contribution in [0.4, 0.5) is 0 Å². The number of hydrogen-bond donors (Lipinski definition) is 2. The van der Waals surface area contributed by atoms with E-state index in [0.29, 0.717) is 5.92 Å². The molecule has 2 nitrogen and oxygen atoms in total. The Balaban J connectivity index is 2.32. The first-order valence-corrected chi connectivity index (χ1v) is 3.40. The van der Waals surface area contributed by atoms with E-state index in [4.69, 9.17) is 5.11 Å². The van der Waals surface area contributed by atoms with E-state index in [1.165, 1.54) is 0 Å². The van der Waals surface area contributed by atoms with Crippen LogP contribution in [0.2, 0.25) is 0 Å². The van der Waals surface area contributed by atoms with Gasteiger partial charge in [-0.25, -0.2) is 0 Å². The minimum atomic E-state index is -0.584. The molecule has 2 N–H and O–H groups in total. The van der Waals surface area contributed by atoms with Crippen LogP contribution in [0, 0.1) is 5.92 Å². The van der Waals surface area contributed by atoms with Gasteiger partial charge in [0.25, 0.3) is 0 Å². The Labute approximate surface area is 55.5 Å². The van der Waals surface area contributed by atoms with E-state index in [0.717, 1.165) is 12.8 Å². The molecule has 0 amide bonds. The maximum absolute atomic E-state index is 9.34. The van der Waals surface area contributed by atoms with Crippen LogP contribution in [0.5, 0.6) is 0 Å². The minimum Gasteiger partial charge on any atom is -0.393 e. The highest BCUT2D eigenvalue weighted by atomic mass is 16.3. The molecule has 0 heterocycles. The third kappa shape index (κ3) is 1.43. The number of aliphatic hydroxyl groups excluding tert-OH is 1. The minimum absolute atomic E-state index is 0.151. The third-order valence-corrected chi connectivity index (χ3v) is 2.11. The summed E-state index contributed by atoms with van der Waals surface area (Å²) in [5.74, 6) is 0.312. The van der Waals surface area contributed by atoms with Gasteiger partial charge in [-0.1, -0.05) is 0 Å². The van der Waals surface area contributed by atoms with E-state index in [-0.39, 0.29) is 6.10 Å². The van der Waals surface area contributed by atoms with E-state index in [9.17, 15) is 5.11 Å². The highest BCUT2D eigenvalue weighted by Crippen LogP contribution is 2.35. The molecule has 0 saturated heterocycles. The first kappa shape index (κ1) is 7.03. The topological polar surface area (TPSA) is 40.5 Å². The van der Waals surface area contributed by atoms with Crippen LogP contribution >= 0.6 is 0 Å². The van der Waals surface area contributed by atoms with Gasteiger partial charge in [0, 0.05) is 0 Å². The summed E-state index contributed by atoms with van der Waals surface area (Å²) in [4.78, 5) is 0. The highest BCUT2D eigenvalue weighted by Gasteiger charge is 2.37. The molecule has 1 aliphatic rings. The number of aliphatic hydroxyl groups is 2. The zero-order valence-electron chi connectivity index (χ0n) is 5.96. The van der Waals surface area contributed by atoms with Crippen molar-refractivity contribution in [3.63, 3.8) is 0 Å². The van der Waals surface area contributed by atoms with Gasteiger partial charge in [-0.05, 0) is 32.6 Å². The molecular weight excluding hydrogens is 116 g/mol. The van der Waals surface area contributed by atoms with Gasteiger partial charge in [0.2, 0.25) is 0 Å². The summed E-state index contributed by atoms with van der Waals surface area (Å²) >= 11 is 0. The molecule has 1 aliphatic carbocycles. The smallest absolute Gasteiger partial charge is 0.0621 e. The molecule has 0 aromatic rings. The Hall–Kier alpha value is -0.0800. The summed E-state index contributed by atoms with van der Waals surface area (Å²) in [5.41, 5.74) is -0.584. The lowest BCUT2D eigenvalue weighted by atomic mass is 9.73. The van der Waals surface area contributed by atoms with Crippen LogP contribution in [0.15, 0.2) is 0 Å². The first-order valence-electron chi connectivity index (χ1n) is 3.40. The van der Waals surface area contributed by atoms with Crippen molar-refractivity contribution >= 4 is 0 Å². The van der Waals surface area contributed by atoms with Crippen LogP contribution < -0.4 is 0 Å². The Kier molecular flexibility index (Phi) is 1.53. The van der Waals surface area contributed by atoms with Crippen molar-refractivity contribution in [1.29, 1.82) is 0 Å². The molecule has 2 heteroatoms. The second-order valence-corrected chi connectivity index (χ2v) is 3.48. The fourth-order valence-electron chi connectivity index (χ4n) is 1.16. The lowest BCUT2D eigenvalue weighted by Crippen LogP contribution is -2.42. The first-order chi connectivity index (χ1) is 4.00. The zero-order chi connectivity index (χ0) is 7.07. The molecule has 0 radical (unpaired) electrons.